The van der Waals surface area contributed by atoms with E-state index in [1.165, 1.54) is 12.3 Å². The van der Waals surface area contributed by atoms with Crippen LogP contribution in [0, 0.1) is 11.3 Å². The second kappa shape index (κ2) is 23.4. The molecule has 4 rings (SSSR count). The standard InChI is InChI=1S/C38H46F2N8O12/c39-38(40)21-25(22-41)47(24-38)34(54)23-45-37(56)27-11-12-44-36-26(27)3-1-4-28(36)46-31(51)8-7-30(50)43-14-16-58-18-20-59-19-17-57-15-13-42-29(49)5-2-6-35(55)60-48-32(52)9-10-33(48)53/h1,3-4,11-12,25H,2,5-10,13-21,23-24H2,(H,42,49)(H,43,50)(H,45,56)(H,46,51)/t25-/m0/s1. The molecule has 1 atom stereocenters. The average molecular weight is 845 g/mol. The van der Waals surface area contributed by atoms with E-state index in [1.54, 1.807) is 24.3 Å². The van der Waals surface area contributed by atoms with Crippen molar-refractivity contribution >= 4 is 63.9 Å². The van der Waals surface area contributed by atoms with Crippen LogP contribution < -0.4 is 21.3 Å². The second-order valence-corrected chi connectivity index (χ2v) is 13.5. The molecule has 7 amide bonds. The third-order valence-corrected chi connectivity index (χ3v) is 8.87. The van der Waals surface area contributed by atoms with Gasteiger partial charge in [-0.25, -0.2) is 13.6 Å². The van der Waals surface area contributed by atoms with Gasteiger partial charge in [0, 0.05) is 69.6 Å². The van der Waals surface area contributed by atoms with E-state index in [9.17, 15) is 47.1 Å². The maximum Gasteiger partial charge on any atom is 0.333 e. The predicted molar refractivity (Wildman–Crippen MR) is 202 cm³/mol. The lowest BCUT2D eigenvalue weighted by Crippen LogP contribution is -2.43. The van der Waals surface area contributed by atoms with Crippen LogP contribution in [-0.4, -0.2) is 140 Å². The number of carbonyl (C=O) groups is 8. The number of nitrogens with zero attached hydrogens (tertiary/aromatic N) is 4. The molecule has 2 aromatic rings. The number of pyridine rings is 1. The molecule has 2 aliphatic heterocycles. The quantitative estimate of drug-likeness (QED) is 0.0829. The summed E-state index contributed by atoms with van der Waals surface area (Å²) in [6.07, 6.45) is 0.412. The van der Waals surface area contributed by atoms with Crippen molar-refractivity contribution in [2.45, 2.75) is 63.3 Å². The number of alkyl halides is 2. The highest BCUT2D eigenvalue weighted by atomic mass is 19.3. The first kappa shape index (κ1) is 46.5. The van der Waals surface area contributed by atoms with Gasteiger partial charge in [0.05, 0.1) is 75.6 Å². The summed E-state index contributed by atoms with van der Waals surface area (Å²) in [4.78, 5) is 107. The number of aromatic nitrogens is 1. The third-order valence-electron chi connectivity index (χ3n) is 8.87. The molecule has 22 heteroatoms. The minimum absolute atomic E-state index is 0.00370. The summed E-state index contributed by atoms with van der Waals surface area (Å²) in [5, 5.41) is 20.3. The van der Waals surface area contributed by atoms with Gasteiger partial charge in [0.25, 0.3) is 23.6 Å². The lowest BCUT2D eigenvalue weighted by atomic mass is 10.1. The topological polar surface area (TPSA) is 265 Å². The number of hydroxylamine groups is 2. The number of hydrogen-bond acceptors (Lipinski definition) is 14. The number of para-hydroxylation sites is 1. The number of nitriles is 1. The number of benzene rings is 1. The Bertz CT molecular complexity index is 1930. The molecule has 0 bridgehead atoms. The average Bonchev–Trinajstić information content (AvgIpc) is 3.72. The number of nitrogens with one attached hydrogen (secondary N) is 4. The second-order valence-electron chi connectivity index (χ2n) is 13.5. The zero-order valence-electron chi connectivity index (χ0n) is 32.6. The number of carbonyl (C=O) groups excluding carboxylic acids is 8. The van der Waals surface area contributed by atoms with Crippen LogP contribution in [0.5, 0.6) is 0 Å². The molecular formula is C38H46F2N8O12. The van der Waals surface area contributed by atoms with Crippen molar-refractivity contribution in [3.63, 3.8) is 0 Å². The van der Waals surface area contributed by atoms with Crippen LogP contribution in [0.25, 0.3) is 10.9 Å². The Hall–Kier alpha value is -6.18. The summed E-state index contributed by atoms with van der Waals surface area (Å²) in [5.41, 5.74) is 0.649. The maximum absolute atomic E-state index is 13.7. The van der Waals surface area contributed by atoms with Crippen LogP contribution in [0.3, 0.4) is 0 Å². The van der Waals surface area contributed by atoms with Gasteiger partial charge >= 0.3 is 5.97 Å². The molecule has 0 radical (unpaired) electrons. The Balaban J connectivity index is 0.995. The first-order valence-corrected chi connectivity index (χ1v) is 19.1. The number of ether oxygens (including phenoxy) is 3. The number of anilines is 1. The summed E-state index contributed by atoms with van der Waals surface area (Å²) in [7, 11) is 0. The molecule has 0 aliphatic carbocycles. The minimum atomic E-state index is -3.19. The number of amides is 7. The molecule has 4 N–H and O–H groups in total. The van der Waals surface area contributed by atoms with Gasteiger partial charge in [-0.15, -0.1) is 5.06 Å². The van der Waals surface area contributed by atoms with Gasteiger partial charge in [0.1, 0.15) is 6.04 Å². The van der Waals surface area contributed by atoms with Gasteiger partial charge in [-0.2, -0.15) is 5.26 Å². The Morgan fingerprint density at radius 2 is 1.43 bits per heavy atom. The molecule has 1 aromatic heterocycles. The zero-order valence-corrected chi connectivity index (χ0v) is 32.6. The highest BCUT2D eigenvalue weighted by molar-refractivity contribution is 6.11. The van der Waals surface area contributed by atoms with E-state index >= 15 is 0 Å². The van der Waals surface area contributed by atoms with Crippen molar-refractivity contribution in [1.29, 1.82) is 5.26 Å². The van der Waals surface area contributed by atoms with E-state index in [1.807, 2.05) is 0 Å². The fourth-order valence-corrected chi connectivity index (χ4v) is 5.90. The minimum Gasteiger partial charge on any atom is -0.377 e. The van der Waals surface area contributed by atoms with E-state index in [2.05, 4.69) is 26.3 Å². The van der Waals surface area contributed by atoms with Gasteiger partial charge in [-0.3, -0.25) is 38.5 Å². The van der Waals surface area contributed by atoms with Gasteiger partial charge in [0.2, 0.25) is 23.6 Å². The fraction of sp³-hybridized carbons (Fsp3) is 0.526. The van der Waals surface area contributed by atoms with Crippen LogP contribution >= 0.6 is 0 Å². The van der Waals surface area contributed by atoms with E-state index in [4.69, 9.17) is 24.3 Å². The van der Waals surface area contributed by atoms with Crippen molar-refractivity contribution in [3.05, 3.63) is 36.0 Å². The first-order chi connectivity index (χ1) is 28.8. The molecular weight excluding hydrogens is 798 g/mol. The van der Waals surface area contributed by atoms with Crippen LogP contribution in [-0.2, 0) is 52.6 Å². The summed E-state index contributed by atoms with van der Waals surface area (Å²) in [5.74, 6) is -7.76. The molecule has 0 spiro atoms. The molecule has 2 saturated heterocycles. The van der Waals surface area contributed by atoms with Crippen LogP contribution in [0.1, 0.15) is 61.7 Å². The Labute approximate surface area is 342 Å². The molecule has 20 nitrogen and oxygen atoms in total. The summed E-state index contributed by atoms with van der Waals surface area (Å²) in [6, 6.07) is 6.50. The van der Waals surface area contributed by atoms with Crippen molar-refractivity contribution in [2.75, 3.05) is 71.1 Å². The molecule has 2 fully saturated rings. The monoisotopic (exact) mass is 844 g/mol. The fourth-order valence-electron chi connectivity index (χ4n) is 5.90. The van der Waals surface area contributed by atoms with Crippen molar-refractivity contribution in [2.24, 2.45) is 0 Å². The van der Waals surface area contributed by atoms with Crippen molar-refractivity contribution in [3.8, 4) is 6.07 Å². The zero-order chi connectivity index (χ0) is 43.5. The summed E-state index contributed by atoms with van der Waals surface area (Å²) >= 11 is 0. The third kappa shape index (κ3) is 14.9. The lowest BCUT2D eigenvalue weighted by molar-refractivity contribution is -0.197. The smallest absolute Gasteiger partial charge is 0.333 e. The molecule has 60 heavy (non-hydrogen) atoms. The Kier molecular flexibility index (Phi) is 18.2. The Morgan fingerprint density at radius 1 is 0.817 bits per heavy atom. The predicted octanol–water partition coefficient (Wildman–Crippen LogP) is 0.503. The SMILES string of the molecule is N#C[C@@H]1CC(F)(F)CN1C(=O)CNC(=O)c1ccnc2c(NC(=O)CCC(=O)NCCOCCOCCOCCNC(=O)CCCC(=O)ON3C(=O)CCC3=O)cccc12. The molecule has 324 valence electrons. The van der Waals surface area contributed by atoms with Gasteiger partial charge in [-0.05, 0) is 18.6 Å². The number of halogens is 2. The molecule has 3 heterocycles. The van der Waals surface area contributed by atoms with E-state index in [0.29, 0.717) is 10.4 Å². The van der Waals surface area contributed by atoms with Crippen LogP contribution in [0.15, 0.2) is 30.5 Å². The first-order valence-electron chi connectivity index (χ1n) is 19.1. The van der Waals surface area contributed by atoms with E-state index < -0.39 is 67.0 Å². The molecule has 1 aromatic carbocycles. The number of rotatable bonds is 24. The van der Waals surface area contributed by atoms with Gasteiger partial charge < -0.3 is 45.2 Å². The van der Waals surface area contributed by atoms with E-state index in [0.717, 1.165) is 4.90 Å². The number of likely N-dealkylation sites (tertiary alicyclic amines) is 1. The highest BCUT2D eigenvalue weighted by Gasteiger charge is 2.47. The summed E-state index contributed by atoms with van der Waals surface area (Å²) < 4.78 is 43.7. The van der Waals surface area contributed by atoms with Crippen molar-refractivity contribution in [1.82, 2.24) is 30.9 Å². The summed E-state index contributed by atoms with van der Waals surface area (Å²) in [6.45, 7) is 0.478. The number of fused-ring (bicyclic) bond motifs is 1. The van der Waals surface area contributed by atoms with Crippen molar-refractivity contribution < 1.29 is 66.2 Å². The van der Waals surface area contributed by atoms with Gasteiger partial charge in [0.15, 0.2) is 0 Å². The highest BCUT2D eigenvalue weighted by Crippen LogP contribution is 2.31. The van der Waals surface area contributed by atoms with E-state index in [-0.39, 0.29) is 126 Å². The molecule has 2 aliphatic rings. The van der Waals surface area contributed by atoms with Crippen LogP contribution in [0.4, 0.5) is 14.5 Å². The normalized spacial score (nSPS) is 15.7. The number of hydrogen-bond donors (Lipinski definition) is 4. The van der Waals surface area contributed by atoms with Crippen LogP contribution in [0.2, 0.25) is 0 Å². The molecule has 0 saturated carbocycles. The molecule has 0 unspecified atom stereocenters. The van der Waals surface area contributed by atoms with Gasteiger partial charge in [-0.1, -0.05) is 12.1 Å². The maximum atomic E-state index is 13.7. The Morgan fingerprint density at radius 3 is 2.08 bits per heavy atom. The largest absolute Gasteiger partial charge is 0.377 e. The number of imide groups is 1. The lowest BCUT2D eigenvalue weighted by Gasteiger charge is -2.19.